The van der Waals surface area contributed by atoms with Crippen LogP contribution in [-0.4, -0.2) is 33.2 Å². The lowest BCUT2D eigenvalue weighted by molar-refractivity contribution is -0.141. The number of hydrogen-bond donors (Lipinski definition) is 4. The molecule has 0 aliphatic heterocycles. The molecule has 1 aromatic carbocycles. The number of nitrogens with one attached hydrogen (secondary N) is 1. The standard InChI is InChI=1S/C33H57NO5/c1-2-3-4-5-6-7-8-9-10-11-12-13-14-15-16-17-18-19-20-21-22-23-32(37)34-29(33(38)39)26-28-24-25-30(35)31(36)27-28/h24-25,27,29,35-36H,2-23,26H2,1H3,(H,34,37)(H,38,39)/t29-/m0/s1. The lowest BCUT2D eigenvalue weighted by Crippen LogP contribution is -2.42. The topological polar surface area (TPSA) is 107 Å². The first-order valence-electron chi connectivity index (χ1n) is 16.0. The molecule has 0 aliphatic carbocycles. The Kier molecular flexibility index (Phi) is 21.1. The molecule has 0 saturated carbocycles. The van der Waals surface area contributed by atoms with E-state index in [-0.39, 0.29) is 23.8 Å². The number of aliphatic carboxylic acids is 1. The van der Waals surface area contributed by atoms with Crippen molar-refractivity contribution in [2.75, 3.05) is 0 Å². The van der Waals surface area contributed by atoms with E-state index < -0.39 is 12.0 Å². The van der Waals surface area contributed by atoms with Crippen molar-refractivity contribution in [2.24, 2.45) is 0 Å². The number of rotatable bonds is 26. The van der Waals surface area contributed by atoms with E-state index in [4.69, 9.17) is 0 Å². The largest absolute Gasteiger partial charge is 0.504 e. The van der Waals surface area contributed by atoms with Gasteiger partial charge in [0.2, 0.25) is 5.91 Å². The number of aromatic hydroxyl groups is 2. The maximum absolute atomic E-state index is 12.2. The first-order valence-corrected chi connectivity index (χ1v) is 16.0. The first-order chi connectivity index (χ1) is 18.9. The van der Waals surface area contributed by atoms with Crippen LogP contribution in [-0.2, 0) is 16.0 Å². The second kappa shape index (κ2) is 23.6. The summed E-state index contributed by atoms with van der Waals surface area (Å²) in [5.74, 6) is -1.94. The van der Waals surface area contributed by atoms with Crippen LogP contribution < -0.4 is 5.32 Å². The molecule has 0 spiro atoms. The van der Waals surface area contributed by atoms with Gasteiger partial charge in [-0.2, -0.15) is 0 Å². The van der Waals surface area contributed by atoms with E-state index in [9.17, 15) is 24.9 Å². The summed E-state index contributed by atoms with van der Waals surface area (Å²) in [7, 11) is 0. The molecule has 4 N–H and O–H groups in total. The molecular formula is C33H57NO5. The van der Waals surface area contributed by atoms with E-state index in [2.05, 4.69) is 12.2 Å². The predicted octanol–water partition coefficient (Wildman–Crippen LogP) is 8.81. The number of carbonyl (C=O) groups is 2. The number of benzene rings is 1. The average molecular weight is 548 g/mol. The minimum absolute atomic E-state index is 0.0498. The van der Waals surface area contributed by atoms with Gasteiger partial charge in [-0.1, -0.05) is 141 Å². The van der Waals surface area contributed by atoms with E-state index in [1.54, 1.807) is 0 Å². The van der Waals surface area contributed by atoms with Crippen LogP contribution in [0.3, 0.4) is 0 Å². The molecule has 1 aromatic rings. The van der Waals surface area contributed by atoms with Crippen LogP contribution in [0.2, 0.25) is 0 Å². The number of carboxylic acid groups (broad SMARTS) is 1. The molecule has 0 saturated heterocycles. The number of phenols is 2. The molecule has 39 heavy (non-hydrogen) atoms. The van der Waals surface area contributed by atoms with E-state index in [1.807, 2.05) is 0 Å². The number of hydrogen-bond acceptors (Lipinski definition) is 4. The van der Waals surface area contributed by atoms with Crippen molar-refractivity contribution < 1.29 is 24.9 Å². The highest BCUT2D eigenvalue weighted by Gasteiger charge is 2.20. The van der Waals surface area contributed by atoms with Crippen molar-refractivity contribution in [3.8, 4) is 11.5 Å². The average Bonchev–Trinajstić information content (AvgIpc) is 2.91. The van der Waals surface area contributed by atoms with E-state index in [1.165, 1.54) is 134 Å². The van der Waals surface area contributed by atoms with Gasteiger partial charge in [0.05, 0.1) is 0 Å². The van der Waals surface area contributed by atoms with E-state index >= 15 is 0 Å². The van der Waals surface area contributed by atoms with Gasteiger partial charge in [0.1, 0.15) is 6.04 Å². The van der Waals surface area contributed by atoms with E-state index in [0.29, 0.717) is 12.0 Å². The highest BCUT2D eigenvalue weighted by molar-refractivity contribution is 5.83. The maximum Gasteiger partial charge on any atom is 0.326 e. The van der Waals surface area contributed by atoms with Gasteiger partial charge in [-0.3, -0.25) is 4.79 Å². The second-order valence-electron chi connectivity index (χ2n) is 11.3. The highest BCUT2D eigenvalue weighted by atomic mass is 16.4. The van der Waals surface area contributed by atoms with Gasteiger partial charge in [0, 0.05) is 12.8 Å². The van der Waals surface area contributed by atoms with Gasteiger partial charge in [0.15, 0.2) is 11.5 Å². The quantitative estimate of drug-likeness (QED) is 0.0685. The monoisotopic (exact) mass is 547 g/mol. The summed E-state index contributed by atoms with van der Waals surface area (Å²) in [4.78, 5) is 23.7. The highest BCUT2D eigenvalue weighted by Crippen LogP contribution is 2.25. The van der Waals surface area contributed by atoms with Crippen molar-refractivity contribution in [2.45, 2.75) is 161 Å². The Morgan fingerprint density at radius 3 is 1.44 bits per heavy atom. The maximum atomic E-state index is 12.2. The Bertz CT molecular complexity index is 766. The minimum Gasteiger partial charge on any atom is -0.504 e. The molecule has 0 aromatic heterocycles. The minimum atomic E-state index is -1.12. The van der Waals surface area contributed by atoms with Gasteiger partial charge < -0.3 is 20.6 Å². The van der Waals surface area contributed by atoms with Gasteiger partial charge in [-0.15, -0.1) is 0 Å². The third-order valence-electron chi connectivity index (χ3n) is 7.62. The van der Waals surface area contributed by atoms with Crippen LogP contribution in [0.5, 0.6) is 11.5 Å². The molecule has 0 aliphatic rings. The Hall–Kier alpha value is -2.24. The van der Waals surface area contributed by atoms with Crippen molar-refractivity contribution in [3.63, 3.8) is 0 Å². The number of carboxylic acids is 1. The van der Waals surface area contributed by atoms with Crippen LogP contribution in [0, 0.1) is 0 Å². The van der Waals surface area contributed by atoms with Gasteiger partial charge in [0.25, 0.3) is 0 Å². The van der Waals surface area contributed by atoms with Crippen LogP contribution in [0.25, 0.3) is 0 Å². The van der Waals surface area contributed by atoms with Crippen LogP contribution >= 0.6 is 0 Å². The molecule has 0 radical (unpaired) electrons. The third kappa shape index (κ3) is 19.5. The van der Waals surface area contributed by atoms with Crippen molar-refractivity contribution in [1.29, 1.82) is 0 Å². The van der Waals surface area contributed by atoms with Gasteiger partial charge in [-0.05, 0) is 24.1 Å². The Morgan fingerprint density at radius 2 is 1.05 bits per heavy atom. The molecule has 1 amide bonds. The number of unbranched alkanes of at least 4 members (excludes halogenated alkanes) is 20. The third-order valence-corrected chi connectivity index (χ3v) is 7.62. The predicted molar refractivity (Wildman–Crippen MR) is 160 cm³/mol. The Labute approximate surface area is 238 Å². The van der Waals surface area contributed by atoms with Crippen LogP contribution in [0.1, 0.15) is 154 Å². The Morgan fingerprint density at radius 1 is 0.641 bits per heavy atom. The summed E-state index contributed by atoms with van der Waals surface area (Å²) in [5, 5.41) is 31.0. The number of amides is 1. The zero-order valence-corrected chi connectivity index (χ0v) is 24.7. The van der Waals surface area contributed by atoms with E-state index in [0.717, 1.165) is 19.3 Å². The normalized spacial score (nSPS) is 11.9. The molecular weight excluding hydrogens is 490 g/mol. The molecule has 0 unspecified atom stereocenters. The second-order valence-corrected chi connectivity index (χ2v) is 11.3. The summed E-state index contributed by atoms with van der Waals surface area (Å²) < 4.78 is 0. The summed E-state index contributed by atoms with van der Waals surface area (Å²) in [6.45, 7) is 2.28. The molecule has 6 nitrogen and oxygen atoms in total. The zero-order valence-electron chi connectivity index (χ0n) is 24.7. The number of carbonyl (C=O) groups excluding carboxylic acids is 1. The molecule has 6 heteroatoms. The molecule has 0 fully saturated rings. The lowest BCUT2D eigenvalue weighted by Gasteiger charge is -2.15. The summed E-state index contributed by atoms with van der Waals surface area (Å²) in [6.07, 6.45) is 28.0. The van der Waals surface area contributed by atoms with Crippen molar-refractivity contribution in [3.05, 3.63) is 23.8 Å². The zero-order chi connectivity index (χ0) is 28.6. The fourth-order valence-corrected chi connectivity index (χ4v) is 5.12. The van der Waals surface area contributed by atoms with Crippen molar-refractivity contribution in [1.82, 2.24) is 5.32 Å². The van der Waals surface area contributed by atoms with Crippen LogP contribution in [0.15, 0.2) is 18.2 Å². The fourth-order valence-electron chi connectivity index (χ4n) is 5.12. The molecule has 0 bridgehead atoms. The molecule has 1 rings (SSSR count). The lowest BCUT2D eigenvalue weighted by atomic mass is 10.0. The first kappa shape index (κ1) is 34.8. The summed E-state index contributed by atoms with van der Waals surface area (Å²) in [6, 6.07) is 3.11. The summed E-state index contributed by atoms with van der Waals surface area (Å²) in [5.41, 5.74) is 0.534. The fraction of sp³-hybridized carbons (Fsp3) is 0.758. The molecule has 224 valence electrons. The summed E-state index contributed by atoms with van der Waals surface area (Å²) >= 11 is 0. The smallest absolute Gasteiger partial charge is 0.326 e. The van der Waals surface area contributed by atoms with Crippen molar-refractivity contribution >= 4 is 11.9 Å². The SMILES string of the molecule is CCCCCCCCCCCCCCCCCCCCCCCC(=O)N[C@@H](Cc1ccc(O)c(O)c1)C(=O)O. The number of phenolic OH excluding ortho intramolecular Hbond substituents is 2. The van der Waals surface area contributed by atoms with Gasteiger partial charge in [-0.25, -0.2) is 4.79 Å². The van der Waals surface area contributed by atoms with Gasteiger partial charge >= 0.3 is 5.97 Å². The molecule has 0 heterocycles. The van der Waals surface area contributed by atoms with Crippen LogP contribution in [0.4, 0.5) is 0 Å². The molecule has 1 atom stereocenters. The Balaban J connectivity index is 1.90.